The first-order valence-electron chi connectivity index (χ1n) is 14.3. The van der Waals surface area contributed by atoms with Gasteiger partial charge in [-0.15, -0.1) is 0 Å². The Hall–Kier alpha value is -4.64. The quantitative estimate of drug-likeness (QED) is 0.296. The van der Waals surface area contributed by atoms with Gasteiger partial charge in [-0.2, -0.15) is 0 Å². The minimum Gasteiger partial charge on any atom is -0.504 e. The molecule has 11 nitrogen and oxygen atoms in total. The Labute approximate surface area is 255 Å². The van der Waals surface area contributed by atoms with Crippen LogP contribution in [0.15, 0.2) is 42.5 Å². The predicted molar refractivity (Wildman–Crippen MR) is 160 cm³/mol. The number of nitrogens with two attached hydrogens (primary N) is 1. The number of ketones is 1. The Bertz CT molecular complexity index is 1600. The zero-order valence-electron chi connectivity index (χ0n) is 25.2. The summed E-state index contributed by atoms with van der Waals surface area (Å²) < 4.78 is 29.2. The van der Waals surface area contributed by atoms with E-state index in [4.69, 9.17) is 39.6 Å². The number of methoxy groups -OCH3 is 2. The second-order valence-electron chi connectivity index (χ2n) is 11.8. The zero-order chi connectivity index (χ0) is 31.9. The number of carboxylic acid groups (broad SMARTS) is 1. The summed E-state index contributed by atoms with van der Waals surface area (Å²) in [6.45, 7) is 5.97. The number of Topliss-reactive ketones (excluding diaryl/α,β-unsaturated/α-hetero) is 1. The first-order valence-corrected chi connectivity index (χ1v) is 14.3. The van der Waals surface area contributed by atoms with E-state index in [1.807, 2.05) is 18.2 Å². The van der Waals surface area contributed by atoms with Crippen molar-refractivity contribution in [1.29, 1.82) is 0 Å². The molecule has 0 amide bonds. The van der Waals surface area contributed by atoms with E-state index in [-0.39, 0.29) is 35.9 Å². The van der Waals surface area contributed by atoms with E-state index in [2.05, 4.69) is 13.8 Å². The van der Waals surface area contributed by atoms with E-state index < -0.39 is 17.4 Å². The number of aromatic hydroxyl groups is 2. The molecule has 5 N–H and O–H groups in total. The Balaban J connectivity index is 0.000000217. The van der Waals surface area contributed by atoms with E-state index in [9.17, 15) is 14.7 Å². The van der Waals surface area contributed by atoms with Crippen molar-refractivity contribution < 1.29 is 48.6 Å². The normalized spacial score (nSPS) is 20.6. The number of ether oxygens (including phenoxy) is 5. The number of rotatable bonds is 6. The van der Waals surface area contributed by atoms with Gasteiger partial charge in [-0.05, 0) is 48.7 Å². The molecule has 0 spiro atoms. The maximum atomic E-state index is 13.5. The summed E-state index contributed by atoms with van der Waals surface area (Å²) >= 11 is 0. The van der Waals surface area contributed by atoms with E-state index >= 15 is 0 Å². The van der Waals surface area contributed by atoms with Crippen molar-refractivity contribution in [3.63, 3.8) is 0 Å². The van der Waals surface area contributed by atoms with Crippen LogP contribution in [0.5, 0.6) is 40.2 Å². The molecular weight excluding hydrogens is 570 g/mol. The molecule has 4 atom stereocenters. The fraction of sp³-hybridized carbons (Fsp3) is 0.394. The number of benzene rings is 3. The lowest BCUT2D eigenvalue weighted by atomic mass is 9.81. The zero-order valence-corrected chi connectivity index (χ0v) is 25.2. The van der Waals surface area contributed by atoms with Crippen LogP contribution in [0.4, 0.5) is 0 Å². The fourth-order valence-electron chi connectivity index (χ4n) is 5.64. The summed E-state index contributed by atoms with van der Waals surface area (Å²) in [5.41, 5.74) is 7.08. The number of phenols is 2. The van der Waals surface area contributed by atoms with Crippen LogP contribution < -0.4 is 29.4 Å². The Morgan fingerprint density at radius 3 is 2.36 bits per heavy atom. The molecule has 3 aliphatic rings. The van der Waals surface area contributed by atoms with Crippen LogP contribution in [-0.2, 0) is 17.6 Å². The molecule has 0 saturated carbocycles. The van der Waals surface area contributed by atoms with E-state index in [1.165, 1.54) is 25.1 Å². The van der Waals surface area contributed by atoms with Gasteiger partial charge in [0.05, 0.1) is 25.7 Å². The lowest BCUT2D eigenvalue weighted by Crippen LogP contribution is -2.46. The average Bonchev–Trinajstić information content (AvgIpc) is 3.44. The number of carbonyl (C=O) groups is 2. The van der Waals surface area contributed by atoms with E-state index in [1.54, 1.807) is 20.3 Å². The smallest absolute Gasteiger partial charge is 0.323 e. The van der Waals surface area contributed by atoms with Crippen molar-refractivity contribution in [3.05, 3.63) is 64.7 Å². The molecular formula is C33H37NO10. The van der Waals surface area contributed by atoms with Gasteiger partial charge < -0.3 is 44.7 Å². The molecule has 0 aromatic heterocycles. The van der Waals surface area contributed by atoms with Crippen LogP contribution in [0.1, 0.15) is 53.7 Å². The summed E-state index contributed by atoms with van der Waals surface area (Å²) in [5, 5.41) is 27.0. The van der Waals surface area contributed by atoms with Crippen molar-refractivity contribution in [2.45, 2.75) is 57.3 Å². The molecule has 6 rings (SSSR count). The molecule has 11 heteroatoms. The molecule has 3 heterocycles. The number of fused-ring (bicyclic) bond motifs is 6. The monoisotopic (exact) mass is 607 g/mol. The topological polar surface area (TPSA) is 167 Å². The lowest BCUT2D eigenvalue weighted by Gasteiger charge is -2.37. The van der Waals surface area contributed by atoms with Crippen LogP contribution in [0.25, 0.3) is 0 Å². The molecule has 0 bridgehead atoms. The van der Waals surface area contributed by atoms with Crippen LogP contribution in [0.3, 0.4) is 0 Å². The molecule has 0 aliphatic carbocycles. The summed E-state index contributed by atoms with van der Waals surface area (Å²) in [6.07, 6.45) is 0.553. The third-order valence-corrected chi connectivity index (χ3v) is 8.19. The number of hydrogen-bond acceptors (Lipinski definition) is 10. The van der Waals surface area contributed by atoms with Crippen LogP contribution in [0, 0.1) is 5.92 Å². The van der Waals surface area contributed by atoms with Gasteiger partial charge in [0.25, 0.3) is 0 Å². The van der Waals surface area contributed by atoms with E-state index in [0.717, 1.165) is 23.3 Å². The first kappa shape index (κ1) is 30.8. The molecule has 3 aliphatic heterocycles. The van der Waals surface area contributed by atoms with Crippen LogP contribution in [0.2, 0.25) is 0 Å². The largest absolute Gasteiger partial charge is 0.504 e. The first-order chi connectivity index (χ1) is 20.8. The summed E-state index contributed by atoms with van der Waals surface area (Å²) in [4.78, 5) is 24.3. The lowest BCUT2D eigenvalue weighted by molar-refractivity contribution is -0.142. The number of phenolic OH excluding ortho intramolecular Hbond substituents is 2. The third-order valence-electron chi connectivity index (χ3n) is 8.19. The van der Waals surface area contributed by atoms with Gasteiger partial charge in [0.1, 0.15) is 41.6 Å². The molecule has 44 heavy (non-hydrogen) atoms. The maximum Gasteiger partial charge on any atom is 0.323 e. The van der Waals surface area contributed by atoms with Gasteiger partial charge in [0, 0.05) is 30.0 Å². The number of carboxylic acids is 1. The molecule has 3 aromatic carbocycles. The van der Waals surface area contributed by atoms with Crippen molar-refractivity contribution in [3.8, 4) is 40.2 Å². The standard InChI is InChI=1S/C23H24O6.C10H13NO4/c1-11(2)16-8-14-15(28-16)6-5-12-22(24)21-13-7-18(25-3)19(26-4)9-17(13)27-10-20(21)29-23(12)14;1-10(11,9(14)15)5-6-2-3-7(12)8(13)4-6/h5-7,9,11,16,20-21H,8,10H2,1-4H3;2-4,12-13H,5,11H2,1H3,(H,14,15). The second kappa shape index (κ2) is 11.8. The van der Waals surface area contributed by atoms with Gasteiger partial charge >= 0.3 is 5.97 Å². The number of hydrogen-bond donors (Lipinski definition) is 4. The van der Waals surface area contributed by atoms with Crippen molar-refractivity contribution in [2.75, 3.05) is 20.8 Å². The molecule has 0 saturated heterocycles. The number of carbonyl (C=O) groups excluding carboxylic acids is 1. The second-order valence-corrected chi connectivity index (χ2v) is 11.8. The molecule has 234 valence electrons. The highest BCUT2D eigenvalue weighted by Crippen LogP contribution is 2.50. The molecule has 4 unspecified atom stereocenters. The highest BCUT2D eigenvalue weighted by molar-refractivity contribution is 6.06. The minimum absolute atomic E-state index is 0.0452. The van der Waals surface area contributed by atoms with Gasteiger partial charge in [-0.3, -0.25) is 9.59 Å². The Kier molecular flexibility index (Phi) is 8.26. The van der Waals surface area contributed by atoms with Crippen LogP contribution in [-0.4, -0.2) is 65.6 Å². The summed E-state index contributed by atoms with van der Waals surface area (Å²) in [6, 6.07) is 11.4. The van der Waals surface area contributed by atoms with Crippen LogP contribution >= 0.6 is 0 Å². The van der Waals surface area contributed by atoms with Crippen molar-refractivity contribution in [2.24, 2.45) is 11.7 Å². The molecule has 3 aromatic rings. The summed E-state index contributed by atoms with van der Waals surface area (Å²) in [7, 11) is 3.16. The van der Waals surface area contributed by atoms with Gasteiger partial charge in [0.2, 0.25) is 0 Å². The van der Waals surface area contributed by atoms with Gasteiger partial charge in [0.15, 0.2) is 28.8 Å². The Morgan fingerprint density at radius 2 is 1.73 bits per heavy atom. The van der Waals surface area contributed by atoms with E-state index in [0.29, 0.717) is 46.6 Å². The van der Waals surface area contributed by atoms with Gasteiger partial charge in [-0.1, -0.05) is 19.9 Å². The predicted octanol–water partition coefficient (Wildman–Crippen LogP) is 4.23. The third kappa shape index (κ3) is 5.67. The van der Waals surface area contributed by atoms with Gasteiger partial charge in [-0.25, -0.2) is 0 Å². The fourth-order valence-corrected chi connectivity index (χ4v) is 5.64. The highest BCUT2D eigenvalue weighted by atomic mass is 16.5. The maximum absolute atomic E-state index is 13.5. The van der Waals surface area contributed by atoms with Crippen molar-refractivity contribution >= 4 is 11.8 Å². The highest BCUT2D eigenvalue weighted by Gasteiger charge is 2.45. The number of aliphatic carboxylic acids is 1. The summed E-state index contributed by atoms with van der Waals surface area (Å²) in [5.74, 6) is 1.60. The Morgan fingerprint density at radius 1 is 1.02 bits per heavy atom. The molecule has 0 fully saturated rings. The average molecular weight is 608 g/mol. The van der Waals surface area contributed by atoms with Crippen molar-refractivity contribution in [1.82, 2.24) is 0 Å². The SMILES string of the molecule is CC(N)(Cc1ccc(O)c(O)c1)C(=O)O.COc1cc2c(cc1OC)C1C(=O)c3ccc4c(c3OC1CO2)CC(C(C)C)O4. The molecule has 0 radical (unpaired) electrons. The minimum atomic E-state index is -1.39.